The normalized spacial score (nSPS) is 12.2. The topological polar surface area (TPSA) is 57.0 Å². The fraction of sp³-hybridized carbons (Fsp3) is 0.0417. The van der Waals surface area contributed by atoms with Gasteiger partial charge in [0, 0.05) is 16.7 Å². The van der Waals surface area contributed by atoms with Crippen LogP contribution in [-0.2, 0) is 0 Å². The molecule has 0 aliphatic heterocycles. The van der Waals surface area contributed by atoms with Gasteiger partial charge in [0.25, 0.3) is 0 Å². The van der Waals surface area contributed by atoms with E-state index in [4.69, 9.17) is 14.8 Å². The Hall–Kier alpha value is -3.77. The molecule has 0 saturated heterocycles. The van der Waals surface area contributed by atoms with Crippen molar-refractivity contribution < 1.29 is 9.53 Å². The van der Waals surface area contributed by atoms with Crippen LogP contribution in [0, 0.1) is 0 Å². The van der Waals surface area contributed by atoms with Crippen molar-refractivity contribution >= 4 is 27.3 Å². The molecule has 6 rings (SSSR count). The number of fused-ring (bicyclic) bond motifs is 4. The van der Waals surface area contributed by atoms with Crippen molar-refractivity contribution in [1.82, 2.24) is 14.8 Å². The van der Waals surface area contributed by atoms with Gasteiger partial charge in [-0.15, -0.1) is 0 Å². The standard InChI is InChI=1S/C24H15N3O2S/c1-29-15-8-6-7-14(13-15)21-20-22(16-9-2-3-10-17(16)23(20)28)27(26-21)24-25-18-11-4-5-12-19(18)30-24/h2-13H,1H3. The van der Waals surface area contributed by atoms with Crippen LogP contribution in [0.1, 0.15) is 15.9 Å². The van der Waals surface area contributed by atoms with Gasteiger partial charge in [-0.05, 0) is 24.3 Å². The predicted molar refractivity (Wildman–Crippen MR) is 118 cm³/mol. The zero-order chi connectivity index (χ0) is 20.2. The highest BCUT2D eigenvalue weighted by atomic mass is 32.1. The lowest BCUT2D eigenvalue weighted by Crippen LogP contribution is -2.00. The zero-order valence-electron chi connectivity index (χ0n) is 16.0. The van der Waals surface area contributed by atoms with Crippen LogP contribution in [0.3, 0.4) is 0 Å². The average molecular weight is 409 g/mol. The number of carbonyl (C=O) groups is 1. The van der Waals surface area contributed by atoms with Gasteiger partial charge in [-0.3, -0.25) is 4.79 Å². The Bertz CT molecular complexity index is 1430. The van der Waals surface area contributed by atoms with Gasteiger partial charge in [0.15, 0.2) is 5.78 Å². The first kappa shape index (κ1) is 17.1. The Morgan fingerprint density at radius 3 is 2.57 bits per heavy atom. The third kappa shape index (κ3) is 2.37. The van der Waals surface area contributed by atoms with Crippen molar-refractivity contribution in [3.8, 4) is 33.4 Å². The van der Waals surface area contributed by atoms with E-state index in [2.05, 4.69) is 0 Å². The van der Waals surface area contributed by atoms with Crippen LogP contribution < -0.4 is 4.74 Å². The first-order valence-corrected chi connectivity index (χ1v) is 10.3. The summed E-state index contributed by atoms with van der Waals surface area (Å²) in [4.78, 5) is 18.1. The minimum absolute atomic E-state index is 0.00854. The number of hydrogen-bond donors (Lipinski definition) is 0. The third-order valence-corrected chi connectivity index (χ3v) is 6.36. The first-order valence-electron chi connectivity index (χ1n) is 9.52. The maximum atomic E-state index is 13.4. The molecule has 30 heavy (non-hydrogen) atoms. The molecule has 0 spiro atoms. The summed E-state index contributed by atoms with van der Waals surface area (Å²) in [5, 5.41) is 5.62. The van der Waals surface area contributed by atoms with E-state index >= 15 is 0 Å². The molecule has 0 fully saturated rings. The number of methoxy groups -OCH3 is 1. The number of rotatable bonds is 3. The molecule has 0 amide bonds. The number of para-hydroxylation sites is 1. The second-order valence-corrected chi connectivity index (χ2v) is 8.06. The molecule has 0 N–H and O–H groups in total. The highest BCUT2D eigenvalue weighted by molar-refractivity contribution is 7.20. The van der Waals surface area contributed by atoms with Gasteiger partial charge in [0.05, 0.1) is 28.6 Å². The van der Waals surface area contributed by atoms with Gasteiger partial charge >= 0.3 is 0 Å². The van der Waals surface area contributed by atoms with E-state index in [1.165, 1.54) is 0 Å². The Morgan fingerprint density at radius 1 is 0.933 bits per heavy atom. The van der Waals surface area contributed by atoms with Gasteiger partial charge in [-0.2, -0.15) is 5.10 Å². The highest BCUT2D eigenvalue weighted by Crippen LogP contribution is 2.43. The quantitative estimate of drug-likeness (QED) is 0.394. The zero-order valence-corrected chi connectivity index (χ0v) is 16.8. The van der Waals surface area contributed by atoms with Gasteiger partial charge < -0.3 is 4.74 Å². The molecule has 5 aromatic rings. The maximum Gasteiger partial charge on any atom is 0.212 e. The lowest BCUT2D eigenvalue weighted by molar-refractivity contribution is 0.104. The third-order valence-electron chi connectivity index (χ3n) is 5.35. The number of ether oxygens (including phenoxy) is 1. The average Bonchev–Trinajstić information content (AvgIpc) is 3.47. The summed E-state index contributed by atoms with van der Waals surface area (Å²) in [7, 11) is 1.63. The Balaban J connectivity index is 1.66. The lowest BCUT2D eigenvalue weighted by Gasteiger charge is -2.04. The molecule has 5 nitrogen and oxygen atoms in total. The molecule has 0 atom stereocenters. The van der Waals surface area contributed by atoms with Gasteiger partial charge in [0.2, 0.25) is 5.13 Å². The summed E-state index contributed by atoms with van der Waals surface area (Å²) in [6.45, 7) is 0. The summed E-state index contributed by atoms with van der Waals surface area (Å²) in [6, 6.07) is 23.3. The maximum absolute atomic E-state index is 13.4. The summed E-state index contributed by atoms with van der Waals surface area (Å²) < 4.78 is 8.28. The van der Waals surface area contributed by atoms with Crippen molar-refractivity contribution in [1.29, 1.82) is 0 Å². The van der Waals surface area contributed by atoms with Crippen molar-refractivity contribution in [3.63, 3.8) is 0 Å². The molecular formula is C24H15N3O2S. The summed E-state index contributed by atoms with van der Waals surface area (Å²) in [5.74, 6) is 0.713. The van der Waals surface area contributed by atoms with Crippen molar-refractivity contribution in [3.05, 3.63) is 83.9 Å². The Morgan fingerprint density at radius 2 is 1.73 bits per heavy atom. The second-order valence-electron chi connectivity index (χ2n) is 7.05. The molecule has 3 aromatic carbocycles. The Kier molecular flexibility index (Phi) is 3.63. The molecule has 0 bridgehead atoms. The van der Waals surface area contributed by atoms with E-state index in [1.54, 1.807) is 18.4 Å². The van der Waals surface area contributed by atoms with Crippen LogP contribution in [0.4, 0.5) is 0 Å². The SMILES string of the molecule is COc1cccc(-c2nn(-c3nc4ccccc4s3)c3c2C(=O)c2ccccc2-3)c1. The van der Waals surface area contributed by atoms with Gasteiger partial charge in [-0.25, -0.2) is 9.67 Å². The predicted octanol–water partition coefficient (Wildman–Crippen LogP) is 5.37. The molecule has 1 aliphatic rings. The van der Waals surface area contributed by atoms with Crippen molar-refractivity contribution in [2.45, 2.75) is 0 Å². The number of carbonyl (C=O) groups excluding carboxylic acids is 1. The number of hydrogen-bond acceptors (Lipinski definition) is 5. The van der Waals surface area contributed by atoms with Crippen LogP contribution in [0.5, 0.6) is 5.75 Å². The van der Waals surface area contributed by atoms with E-state index in [0.717, 1.165) is 37.9 Å². The molecule has 1 aliphatic carbocycles. The molecule has 0 radical (unpaired) electrons. The molecule has 2 heterocycles. The smallest absolute Gasteiger partial charge is 0.212 e. The monoisotopic (exact) mass is 409 g/mol. The fourth-order valence-electron chi connectivity index (χ4n) is 3.97. The number of thiazole rings is 1. The number of ketones is 1. The van der Waals surface area contributed by atoms with E-state index in [9.17, 15) is 4.79 Å². The van der Waals surface area contributed by atoms with E-state index < -0.39 is 0 Å². The van der Waals surface area contributed by atoms with Gasteiger partial charge in [-0.1, -0.05) is 59.9 Å². The first-order chi connectivity index (χ1) is 14.7. The minimum Gasteiger partial charge on any atom is -0.497 e. The molecule has 6 heteroatoms. The summed E-state index contributed by atoms with van der Waals surface area (Å²) >= 11 is 1.56. The lowest BCUT2D eigenvalue weighted by atomic mass is 10.0. The molecular weight excluding hydrogens is 394 g/mol. The fourth-order valence-corrected chi connectivity index (χ4v) is 4.89. The van der Waals surface area contributed by atoms with E-state index in [1.807, 2.05) is 77.5 Å². The molecule has 2 aromatic heterocycles. The molecule has 144 valence electrons. The molecule has 0 unspecified atom stereocenters. The molecule has 0 saturated carbocycles. The minimum atomic E-state index is -0.00854. The number of nitrogens with zero attached hydrogens (tertiary/aromatic N) is 3. The van der Waals surface area contributed by atoms with Crippen LogP contribution in [0.15, 0.2) is 72.8 Å². The van der Waals surface area contributed by atoms with Crippen LogP contribution in [0.25, 0.3) is 37.9 Å². The summed E-state index contributed by atoms with van der Waals surface area (Å²) in [6.07, 6.45) is 0. The largest absolute Gasteiger partial charge is 0.497 e. The van der Waals surface area contributed by atoms with Crippen LogP contribution >= 0.6 is 11.3 Å². The Labute approximate surface area is 176 Å². The van der Waals surface area contributed by atoms with Crippen molar-refractivity contribution in [2.24, 2.45) is 0 Å². The number of aromatic nitrogens is 3. The summed E-state index contributed by atoms with van der Waals surface area (Å²) in [5.41, 5.74) is 5.40. The number of benzene rings is 3. The van der Waals surface area contributed by atoms with Crippen LogP contribution in [-0.4, -0.2) is 27.7 Å². The second kappa shape index (κ2) is 6.37. The van der Waals surface area contributed by atoms with E-state index in [-0.39, 0.29) is 5.78 Å². The van der Waals surface area contributed by atoms with E-state index in [0.29, 0.717) is 16.8 Å². The van der Waals surface area contributed by atoms with Crippen molar-refractivity contribution in [2.75, 3.05) is 7.11 Å². The van der Waals surface area contributed by atoms with Gasteiger partial charge in [0.1, 0.15) is 11.4 Å². The van der Waals surface area contributed by atoms with Crippen LogP contribution in [0.2, 0.25) is 0 Å². The highest BCUT2D eigenvalue weighted by Gasteiger charge is 2.36.